The molecule has 1 N–H and O–H groups in total. The molecule has 1 atom stereocenters. The molecule has 0 bridgehead atoms. The van der Waals surface area contributed by atoms with Crippen molar-refractivity contribution in [3.63, 3.8) is 0 Å². The average Bonchev–Trinajstić information content (AvgIpc) is 2.73. The van der Waals surface area contributed by atoms with E-state index in [1.54, 1.807) is 11.8 Å². The van der Waals surface area contributed by atoms with Gasteiger partial charge in [-0.05, 0) is 55.7 Å². The highest BCUT2D eigenvalue weighted by Crippen LogP contribution is 2.35. The Balaban J connectivity index is 1.94. The van der Waals surface area contributed by atoms with Crippen molar-refractivity contribution in [2.75, 3.05) is 0 Å². The van der Waals surface area contributed by atoms with Crippen LogP contribution in [0.25, 0.3) is 11.1 Å². The molecule has 3 nitrogen and oxygen atoms in total. The van der Waals surface area contributed by atoms with Crippen LogP contribution in [-0.2, 0) is 17.9 Å². The molecular formula is C24H25NO2S2. The third kappa shape index (κ3) is 5.73. The number of nitrogens with one attached hydrogen (secondary N) is 1. The molecule has 1 unspecified atom stereocenters. The predicted octanol–water partition coefficient (Wildman–Crippen LogP) is 5.87. The van der Waals surface area contributed by atoms with Gasteiger partial charge in [-0.3, -0.25) is 4.79 Å². The number of benzene rings is 3. The molecule has 0 fully saturated rings. The lowest BCUT2D eigenvalue weighted by Gasteiger charge is -2.24. The second-order valence-corrected chi connectivity index (χ2v) is 10.8. The van der Waals surface area contributed by atoms with Crippen molar-refractivity contribution >= 4 is 29.4 Å². The third-order valence-corrected chi connectivity index (χ3v) is 7.11. The van der Waals surface area contributed by atoms with E-state index >= 15 is 0 Å². The van der Waals surface area contributed by atoms with Gasteiger partial charge in [0.2, 0.25) is 0 Å². The molecule has 0 aliphatic carbocycles. The van der Waals surface area contributed by atoms with E-state index in [0.29, 0.717) is 12.1 Å². The van der Waals surface area contributed by atoms with Crippen molar-refractivity contribution in [2.24, 2.45) is 0 Å². The molecule has 0 aliphatic heterocycles. The van der Waals surface area contributed by atoms with E-state index in [-0.39, 0.29) is 4.75 Å². The molecule has 0 saturated carbocycles. The fraction of sp³-hybridized carbons (Fsp3) is 0.208. The molecule has 0 saturated heterocycles. The average molecular weight is 424 g/mol. The van der Waals surface area contributed by atoms with Gasteiger partial charge in [-0.2, -0.15) is 0 Å². The van der Waals surface area contributed by atoms with Crippen molar-refractivity contribution in [3.05, 3.63) is 83.9 Å². The summed E-state index contributed by atoms with van der Waals surface area (Å²) in [5.74, 6) is 0. The lowest BCUT2D eigenvalue weighted by Crippen LogP contribution is -2.39. The van der Waals surface area contributed by atoms with E-state index in [9.17, 15) is 9.35 Å². The lowest BCUT2D eigenvalue weighted by molar-refractivity contribution is 0.112. The van der Waals surface area contributed by atoms with Crippen LogP contribution in [0, 0.1) is 0 Å². The second kappa shape index (κ2) is 9.63. The van der Waals surface area contributed by atoms with Crippen LogP contribution in [0.4, 0.5) is 0 Å². The Morgan fingerprint density at radius 3 is 2.31 bits per heavy atom. The van der Waals surface area contributed by atoms with Gasteiger partial charge in [0, 0.05) is 26.7 Å². The number of hydrogen-bond acceptors (Lipinski definition) is 4. The Bertz CT molecular complexity index is 968. The summed E-state index contributed by atoms with van der Waals surface area (Å²) in [5, 5.41) is 0. The summed E-state index contributed by atoms with van der Waals surface area (Å²) in [6.45, 7) is 6.33. The van der Waals surface area contributed by atoms with Crippen LogP contribution in [0.3, 0.4) is 0 Å². The number of hydrogen-bond donors (Lipinski definition) is 1. The van der Waals surface area contributed by atoms with E-state index in [0.717, 1.165) is 32.8 Å². The van der Waals surface area contributed by atoms with Crippen molar-refractivity contribution in [3.8, 4) is 11.1 Å². The topological polar surface area (TPSA) is 52.2 Å². The summed E-state index contributed by atoms with van der Waals surface area (Å²) in [7, 11) is 0. The maximum absolute atomic E-state index is 12.5. The van der Waals surface area contributed by atoms with Crippen LogP contribution in [0.5, 0.6) is 0 Å². The van der Waals surface area contributed by atoms with Crippen molar-refractivity contribution in [1.29, 1.82) is 0 Å². The monoisotopic (exact) mass is 423 g/mol. The predicted molar refractivity (Wildman–Crippen MR) is 123 cm³/mol. The Kier molecular flexibility index (Phi) is 7.19. The first-order valence-electron chi connectivity index (χ1n) is 9.44. The van der Waals surface area contributed by atoms with Gasteiger partial charge in [0.25, 0.3) is 0 Å². The van der Waals surface area contributed by atoms with E-state index < -0.39 is 11.4 Å². The number of carbonyl (C=O) groups excluding carboxylic acids is 1. The standard InChI is InChI=1S/C24H25NO2S2/c1-24(2,3)29(27)25-16-21-15-19(18-9-5-4-6-10-18)13-14-23(21)28-22-12-8-7-11-20(22)17-26/h4-15,17,25H,16H2,1-3H3. The molecule has 3 aromatic carbocycles. The first kappa shape index (κ1) is 21.7. The minimum Gasteiger partial charge on any atom is -0.598 e. The largest absolute Gasteiger partial charge is 0.598 e. The Labute approximate surface area is 180 Å². The molecule has 3 rings (SSSR count). The van der Waals surface area contributed by atoms with Gasteiger partial charge < -0.3 is 4.55 Å². The smallest absolute Gasteiger partial charge is 0.151 e. The van der Waals surface area contributed by atoms with Gasteiger partial charge in [-0.1, -0.05) is 66.4 Å². The first-order chi connectivity index (χ1) is 13.9. The van der Waals surface area contributed by atoms with Crippen molar-refractivity contribution in [2.45, 2.75) is 41.9 Å². The zero-order valence-electron chi connectivity index (χ0n) is 16.8. The van der Waals surface area contributed by atoms with Gasteiger partial charge >= 0.3 is 0 Å². The first-order valence-corrected chi connectivity index (χ1v) is 11.4. The normalized spacial score (nSPS) is 12.6. The van der Waals surface area contributed by atoms with E-state index in [2.05, 4.69) is 35.1 Å². The Morgan fingerprint density at radius 2 is 1.62 bits per heavy atom. The molecule has 0 aliphatic rings. The maximum atomic E-state index is 12.5. The molecule has 29 heavy (non-hydrogen) atoms. The van der Waals surface area contributed by atoms with E-state index in [1.807, 2.05) is 63.2 Å². The summed E-state index contributed by atoms with van der Waals surface area (Å²) >= 11 is 0.393. The molecular weight excluding hydrogens is 398 g/mol. The van der Waals surface area contributed by atoms with Crippen molar-refractivity contribution < 1.29 is 9.35 Å². The Morgan fingerprint density at radius 1 is 0.931 bits per heavy atom. The molecule has 0 amide bonds. The van der Waals surface area contributed by atoms with Crippen LogP contribution >= 0.6 is 11.8 Å². The lowest BCUT2D eigenvalue weighted by atomic mass is 10.0. The SMILES string of the molecule is CC(C)(C)[S+]([O-])NCc1cc(-c2ccccc2)ccc1Sc1ccccc1C=O. The van der Waals surface area contributed by atoms with Gasteiger partial charge in [0.1, 0.15) is 4.75 Å². The van der Waals surface area contributed by atoms with Gasteiger partial charge in [-0.15, -0.1) is 4.72 Å². The summed E-state index contributed by atoms with van der Waals surface area (Å²) in [5.41, 5.74) is 3.96. The molecule has 5 heteroatoms. The van der Waals surface area contributed by atoms with Crippen LogP contribution in [0.15, 0.2) is 82.6 Å². The highest BCUT2D eigenvalue weighted by Gasteiger charge is 2.26. The molecule has 150 valence electrons. The third-order valence-electron chi connectivity index (χ3n) is 4.38. The second-order valence-electron chi connectivity index (χ2n) is 7.65. The highest BCUT2D eigenvalue weighted by atomic mass is 32.2. The van der Waals surface area contributed by atoms with Gasteiger partial charge in [0.05, 0.1) is 6.54 Å². The fourth-order valence-electron chi connectivity index (χ4n) is 2.78. The van der Waals surface area contributed by atoms with E-state index in [4.69, 9.17) is 0 Å². The van der Waals surface area contributed by atoms with Crippen LogP contribution < -0.4 is 4.72 Å². The maximum Gasteiger partial charge on any atom is 0.151 e. The number of rotatable bonds is 7. The number of carbonyl (C=O) groups is 1. The summed E-state index contributed by atoms with van der Waals surface area (Å²) in [4.78, 5) is 13.4. The van der Waals surface area contributed by atoms with Crippen LogP contribution in [0.1, 0.15) is 36.7 Å². The molecule has 3 aromatic rings. The van der Waals surface area contributed by atoms with Crippen LogP contribution in [0.2, 0.25) is 0 Å². The molecule has 0 heterocycles. The summed E-state index contributed by atoms with van der Waals surface area (Å²) < 4.78 is 15.3. The highest BCUT2D eigenvalue weighted by molar-refractivity contribution is 7.99. The molecule has 0 aromatic heterocycles. The Hall–Kier alpha value is -2.05. The zero-order valence-corrected chi connectivity index (χ0v) is 18.5. The molecule has 0 spiro atoms. The fourth-order valence-corrected chi connectivity index (χ4v) is 4.51. The van der Waals surface area contributed by atoms with Gasteiger partial charge in [0.15, 0.2) is 6.29 Å². The van der Waals surface area contributed by atoms with Gasteiger partial charge in [-0.25, -0.2) is 0 Å². The zero-order chi connectivity index (χ0) is 20.9. The minimum atomic E-state index is -1.17. The summed E-state index contributed by atoms with van der Waals surface area (Å²) in [6, 6.07) is 24.0. The number of aldehydes is 1. The van der Waals surface area contributed by atoms with E-state index in [1.165, 1.54) is 0 Å². The van der Waals surface area contributed by atoms with Crippen LogP contribution in [-0.4, -0.2) is 15.6 Å². The molecule has 0 radical (unpaired) electrons. The minimum absolute atomic E-state index is 0.339. The summed E-state index contributed by atoms with van der Waals surface area (Å²) in [6.07, 6.45) is 0.882. The van der Waals surface area contributed by atoms with Crippen molar-refractivity contribution in [1.82, 2.24) is 4.72 Å². The quantitative estimate of drug-likeness (QED) is 0.381.